The molecule has 0 atom stereocenters. The molecule has 20 heavy (non-hydrogen) atoms. The average Bonchev–Trinajstić information content (AvgIpc) is 2.31. The quantitative estimate of drug-likeness (QED) is 0.872. The number of benzene rings is 1. The van der Waals surface area contributed by atoms with Gasteiger partial charge in [-0.05, 0) is 13.0 Å². The lowest BCUT2D eigenvalue weighted by atomic mass is 9.88. The van der Waals surface area contributed by atoms with E-state index in [0.29, 0.717) is 0 Å². The van der Waals surface area contributed by atoms with E-state index in [-0.39, 0.29) is 46.7 Å². The lowest BCUT2D eigenvalue weighted by Gasteiger charge is -2.38. The average molecular weight is 302 g/mol. The number of carboxylic acid groups (broad SMARTS) is 1. The van der Waals surface area contributed by atoms with E-state index >= 15 is 0 Å². The summed E-state index contributed by atoms with van der Waals surface area (Å²) >= 11 is 5.80. The SMILES string of the molecule is COc1c(C(C)=O)cc(Cl)c(F)c1C1CN(C(=O)O)C1. The molecule has 0 aliphatic carbocycles. The zero-order valence-corrected chi connectivity index (χ0v) is 11.7. The maximum atomic E-state index is 14.2. The van der Waals surface area contributed by atoms with Gasteiger partial charge in [0.05, 0.1) is 17.7 Å². The number of amides is 1. The summed E-state index contributed by atoms with van der Waals surface area (Å²) < 4.78 is 19.3. The number of nitrogens with zero attached hydrogens (tertiary/aromatic N) is 1. The predicted molar refractivity (Wildman–Crippen MR) is 70.3 cm³/mol. The maximum absolute atomic E-state index is 14.2. The largest absolute Gasteiger partial charge is 0.496 e. The first-order chi connectivity index (χ1) is 9.36. The zero-order chi connectivity index (χ0) is 15.0. The van der Waals surface area contributed by atoms with Crippen LogP contribution in [0.3, 0.4) is 0 Å². The molecule has 108 valence electrons. The molecule has 0 bridgehead atoms. The predicted octanol–water partition coefficient (Wildman–Crippen LogP) is 2.77. The third-order valence-electron chi connectivity index (χ3n) is 3.35. The van der Waals surface area contributed by atoms with Gasteiger partial charge >= 0.3 is 6.09 Å². The Morgan fingerprint density at radius 2 is 2.10 bits per heavy atom. The van der Waals surface area contributed by atoms with E-state index in [2.05, 4.69) is 0 Å². The minimum absolute atomic E-state index is 0.134. The Balaban J connectivity index is 2.46. The first-order valence-corrected chi connectivity index (χ1v) is 6.29. The fourth-order valence-electron chi connectivity index (χ4n) is 2.29. The summed E-state index contributed by atoms with van der Waals surface area (Å²) in [5.74, 6) is -1.18. The fraction of sp³-hybridized carbons (Fsp3) is 0.385. The Hall–Kier alpha value is -1.82. The van der Waals surface area contributed by atoms with Crippen LogP contribution in [0.25, 0.3) is 0 Å². The van der Waals surface area contributed by atoms with Gasteiger partial charge in [0.15, 0.2) is 5.78 Å². The second-order valence-electron chi connectivity index (χ2n) is 4.61. The molecule has 0 radical (unpaired) electrons. The first-order valence-electron chi connectivity index (χ1n) is 5.91. The zero-order valence-electron chi connectivity index (χ0n) is 10.9. The van der Waals surface area contributed by atoms with Crippen molar-refractivity contribution in [3.8, 4) is 5.75 Å². The van der Waals surface area contributed by atoms with Crippen LogP contribution in [0.1, 0.15) is 28.8 Å². The fourth-order valence-corrected chi connectivity index (χ4v) is 2.50. The van der Waals surface area contributed by atoms with Crippen molar-refractivity contribution in [3.05, 3.63) is 28.0 Å². The van der Waals surface area contributed by atoms with Gasteiger partial charge in [0.25, 0.3) is 0 Å². The van der Waals surface area contributed by atoms with Crippen molar-refractivity contribution in [1.82, 2.24) is 4.90 Å². The number of rotatable bonds is 3. The van der Waals surface area contributed by atoms with Crippen molar-refractivity contribution in [2.75, 3.05) is 20.2 Å². The van der Waals surface area contributed by atoms with Gasteiger partial charge in [-0.1, -0.05) is 11.6 Å². The van der Waals surface area contributed by atoms with Crippen LogP contribution in [0.2, 0.25) is 5.02 Å². The number of methoxy groups -OCH3 is 1. The summed E-state index contributed by atoms with van der Waals surface area (Å²) in [5, 5.41) is 8.65. The Morgan fingerprint density at radius 3 is 2.55 bits per heavy atom. The van der Waals surface area contributed by atoms with Crippen LogP contribution in [0, 0.1) is 5.82 Å². The molecule has 0 unspecified atom stereocenters. The minimum atomic E-state index is -1.06. The first kappa shape index (κ1) is 14.6. The molecular formula is C13H13ClFNO4. The number of halogens is 2. The van der Waals surface area contributed by atoms with E-state index in [4.69, 9.17) is 21.4 Å². The summed E-state index contributed by atoms with van der Waals surface area (Å²) in [6.45, 7) is 1.64. The van der Waals surface area contributed by atoms with E-state index in [1.807, 2.05) is 0 Å². The molecule has 1 aromatic carbocycles. The molecule has 2 rings (SSSR count). The Morgan fingerprint density at radius 1 is 1.50 bits per heavy atom. The summed E-state index contributed by atoms with van der Waals surface area (Å²) in [6.07, 6.45) is -1.06. The maximum Gasteiger partial charge on any atom is 0.407 e. The molecule has 1 aliphatic rings. The highest BCUT2D eigenvalue weighted by atomic mass is 35.5. The molecule has 1 heterocycles. The molecule has 1 amide bonds. The van der Waals surface area contributed by atoms with Gasteiger partial charge in [-0.25, -0.2) is 9.18 Å². The second kappa shape index (κ2) is 5.28. The van der Waals surface area contributed by atoms with Gasteiger partial charge in [0.1, 0.15) is 11.6 Å². The van der Waals surface area contributed by atoms with Crippen LogP contribution < -0.4 is 4.74 Å². The normalized spacial score (nSPS) is 14.9. The highest BCUT2D eigenvalue weighted by Crippen LogP contribution is 2.40. The van der Waals surface area contributed by atoms with Crippen molar-refractivity contribution < 1.29 is 23.8 Å². The van der Waals surface area contributed by atoms with Crippen LogP contribution in [-0.4, -0.2) is 42.1 Å². The number of hydrogen-bond acceptors (Lipinski definition) is 3. The van der Waals surface area contributed by atoms with E-state index in [1.54, 1.807) is 0 Å². The van der Waals surface area contributed by atoms with Crippen LogP contribution >= 0.6 is 11.6 Å². The molecule has 1 aromatic rings. The lowest BCUT2D eigenvalue weighted by molar-refractivity contribution is 0.0996. The molecule has 1 saturated heterocycles. The van der Waals surface area contributed by atoms with Gasteiger partial charge < -0.3 is 14.7 Å². The number of ketones is 1. The van der Waals surface area contributed by atoms with E-state index < -0.39 is 11.9 Å². The molecule has 1 aliphatic heterocycles. The molecule has 1 N–H and O–H groups in total. The summed E-state index contributed by atoms with van der Waals surface area (Å²) in [5.41, 5.74) is 0.366. The molecule has 5 nitrogen and oxygen atoms in total. The van der Waals surface area contributed by atoms with Gasteiger partial charge in [0, 0.05) is 24.6 Å². The molecule has 1 fully saturated rings. The number of Topliss-reactive ketones (excluding diaryl/α,β-unsaturated/α-hetero) is 1. The number of carbonyl (C=O) groups is 2. The highest BCUT2D eigenvalue weighted by molar-refractivity contribution is 6.31. The van der Waals surface area contributed by atoms with Crippen LogP contribution in [0.5, 0.6) is 5.75 Å². The van der Waals surface area contributed by atoms with Crippen molar-refractivity contribution >= 4 is 23.5 Å². The molecule has 0 aromatic heterocycles. The monoisotopic (exact) mass is 301 g/mol. The van der Waals surface area contributed by atoms with Crippen LogP contribution in [-0.2, 0) is 0 Å². The topological polar surface area (TPSA) is 66.8 Å². The molecule has 0 saturated carbocycles. The molecule has 0 spiro atoms. The number of hydrogen-bond donors (Lipinski definition) is 1. The smallest absolute Gasteiger partial charge is 0.407 e. The third kappa shape index (κ3) is 2.31. The number of likely N-dealkylation sites (tertiary alicyclic amines) is 1. The van der Waals surface area contributed by atoms with Crippen LogP contribution in [0.15, 0.2) is 6.07 Å². The van der Waals surface area contributed by atoms with E-state index in [1.165, 1.54) is 20.1 Å². The van der Waals surface area contributed by atoms with E-state index in [9.17, 15) is 14.0 Å². The number of carbonyl (C=O) groups excluding carboxylic acids is 1. The highest BCUT2D eigenvalue weighted by Gasteiger charge is 2.37. The van der Waals surface area contributed by atoms with Crippen LogP contribution in [0.4, 0.5) is 9.18 Å². The number of ether oxygens (including phenoxy) is 1. The minimum Gasteiger partial charge on any atom is -0.496 e. The standard InChI is InChI=1S/C13H13ClFNO4/c1-6(17)8-3-9(14)11(15)10(12(8)20-2)7-4-16(5-7)13(18)19/h3,7H,4-5H2,1-2H3,(H,18,19). The summed E-state index contributed by atoms with van der Waals surface area (Å²) in [4.78, 5) is 23.5. The van der Waals surface area contributed by atoms with Crippen molar-refractivity contribution in [1.29, 1.82) is 0 Å². The van der Waals surface area contributed by atoms with Gasteiger partial charge in [0.2, 0.25) is 0 Å². The van der Waals surface area contributed by atoms with Crippen molar-refractivity contribution in [3.63, 3.8) is 0 Å². The van der Waals surface area contributed by atoms with Crippen molar-refractivity contribution in [2.24, 2.45) is 0 Å². The summed E-state index contributed by atoms with van der Waals surface area (Å²) in [6, 6.07) is 1.23. The Bertz CT molecular complexity index is 584. The third-order valence-corrected chi connectivity index (χ3v) is 3.63. The van der Waals surface area contributed by atoms with Gasteiger partial charge in [-0.2, -0.15) is 0 Å². The van der Waals surface area contributed by atoms with Gasteiger partial charge in [-0.15, -0.1) is 0 Å². The van der Waals surface area contributed by atoms with Gasteiger partial charge in [-0.3, -0.25) is 4.79 Å². The van der Waals surface area contributed by atoms with Crippen molar-refractivity contribution in [2.45, 2.75) is 12.8 Å². The lowest BCUT2D eigenvalue weighted by Crippen LogP contribution is -2.48. The molecule has 7 heteroatoms. The Labute approximate surface area is 119 Å². The summed E-state index contributed by atoms with van der Waals surface area (Å²) in [7, 11) is 1.34. The molecular weight excluding hydrogens is 289 g/mol. The second-order valence-corrected chi connectivity index (χ2v) is 5.01. The Kier molecular flexibility index (Phi) is 3.85. The van der Waals surface area contributed by atoms with E-state index in [0.717, 1.165) is 4.90 Å².